The Morgan fingerprint density at radius 3 is 2.48 bits per heavy atom. The molecule has 3 aliphatic rings. The molecule has 2 aliphatic heterocycles. The van der Waals surface area contributed by atoms with Gasteiger partial charge in [0.15, 0.2) is 6.23 Å². The van der Waals surface area contributed by atoms with Crippen LogP contribution in [0.2, 0.25) is 0 Å². The zero-order chi connectivity index (χ0) is 17.1. The Labute approximate surface area is 148 Å². The van der Waals surface area contributed by atoms with Gasteiger partial charge in [0.25, 0.3) is 0 Å². The predicted molar refractivity (Wildman–Crippen MR) is 95.2 cm³/mol. The smallest absolute Gasteiger partial charge is 0.190 e. The fourth-order valence-electron chi connectivity index (χ4n) is 3.93. The summed E-state index contributed by atoms with van der Waals surface area (Å²) in [7, 11) is 0. The molecule has 1 atom stereocenters. The van der Waals surface area contributed by atoms with Gasteiger partial charge in [-0.05, 0) is 49.3 Å². The molecule has 0 spiro atoms. The van der Waals surface area contributed by atoms with Gasteiger partial charge in [0.2, 0.25) is 0 Å². The first-order valence-electron chi connectivity index (χ1n) is 9.26. The van der Waals surface area contributed by atoms with E-state index >= 15 is 0 Å². The molecule has 0 amide bonds. The van der Waals surface area contributed by atoms with E-state index < -0.39 is 0 Å². The lowest BCUT2D eigenvalue weighted by molar-refractivity contribution is 0.104. The topological polar surface area (TPSA) is 27.7 Å². The first-order valence-corrected chi connectivity index (χ1v) is 9.26. The number of dihydropyridines is 1. The Balaban J connectivity index is 1.30. The van der Waals surface area contributed by atoms with Crippen LogP contribution in [0, 0.1) is 11.9 Å². The van der Waals surface area contributed by atoms with Gasteiger partial charge in [0.1, 0.15) is 17.4 Å². The quantitative estimate of drug-likeness (QED) is 0.911. The largest absolute Gasteiger partial charge is 0.467 e. The number of nitrogens with one attached hydrogen (secondary N) is 1. The molecule has 1 N–H and O–H groups in total. The van der Waals surface area contributed by atoms with Crippen LogP contribution in [0.15, 0.2) is 42.2 Å². The molecule has 133 valence electrons. The second kappa shape index (κ2) is 7.48. The van der Waals surface area contributed by atoms with E-state index in [4.69, 9.17) is 4.74 Å². The van der Waals surface area contributed by atoms with Crippen LogP contribution in [0.3, 0.4) is 0 Å². The highest BCUT2D eigenvalue weighted by Gasteiger charge is 2.27. The molecule has 0 aromatic heterocycles. The van der Waals surface area contributed by atoms with Gasteiger partial charge in [-0.15, -0.1) is 0 Å². The number of ether oxygens (including phenoxy) is 1. The molecule has 1 aliphatic carbocycles. The Kier molecular flexibility index (Phi) is 4.92. The van der Waals surface area contributed by atoms with Crippen LogP contribution >= 0.6 is 0 Å². The summed E-state index contributed by atoms with van der Waals surface area (Å²) in [5.74, 6) is 1.38. The average Bonchev–Trinajstić information content (AvgIpc) is 3.19. The number of halogens is 1. The normalized spacial score (nSPS) is 24.9. The summed E-state index contributed by atoms with van der Waals surface area (Å²) in [5.41, 5.74) is 0. The van der Waals surface area contributed by atoms with Crippen molar-refractivity contribution >= 4 is 0 Å². The van der Waals surface area contributed by atoms with Crippen LogP contribution in [-0.4, -0.2) is 48.2 Å². The molecule has 1 aromatic rings. The highest BCUT2D eigenvalue weighted by Crippen LogP contribution is 2.25. The Hall–Kier alpha value is -2.01. The summed E-state index contributed by atoms with van der Waals surface area (Å²) < 4.78 is 18.9. The van der Waals surface area contributed by atoms with E-state index in [1.54, 1.807) is 12.1 Å². The van der Waals surface area contributed by atoms with E-state index in [1.807, 2.05) is 12.2 Å². The summed E-state index contributed by atoms with van der Waals surface area (Å²) >= 11 is 0. The summed E-state index contributed by atoms with van der Waals surface area (Å²) in [6, 6.07) is 6.91. The van der Waals surface area contributed by atoms with Crippen molar-refractivity contribution in [3.05, 3.63) is 54.1 Å². The maximum Gasteiger partial charge on any atom is 0.190 e. The second-order valence-electron chi connectivity index (χ2n) is 6.95. The number of piperazine rings is 1. The van der Waals surface area contributed by atoms with Crippen molar-refractivity contribution in [3.63, 3.8) is 0 Å². The SMILES string of the molecule is Fc1ccc(OC2C=C[C]=C(N3CCN(C4CCCC4)CC3)N2)cc1. The van der Waals surface area contributed by atoms with Crippen molar-refractivity contribution in [2.24, 2.45) is 0 Å². The number of benzene rings is 1. The number of nitrogens with zero attached hydrogens (tertiary/aromatic N) is 2. The molecule has 4 rings (SSSR count). The van der Waals surface area contributed by atoms with Crippen LogP contribution < -0.4 is 10.1 Å². The Bertz CT molecular complexity index is 629. The van der Waals surface area contributed by atoms with Crippen molar-refractivity contribution in [2.45, 2.75) is 38.0 Å². The van der Waals surface area contributed by atoms with Crippen molar-refractivity contribution in [1.29, 1.82) is 0 Å². The molecule has 1 saturated heterocycles. The first kappa shape index (κ1) is 16.5. The van der Waals surface area contributed by atoms with Crippen LogP contribution in [0.4, 0.5) is 4.39 Å². The molecule has 1 radical (unpaired) electrons. The molecular formula is C20H25FN3O. The van der Waals surface area contributed by atoms with Gasteiger partial charge in [0, 0.05) is 38.3 Å². The number of rotatable bonds is 4. The van der Waals surface area contributed by atoms with Gasteiger partial charge in [0.05, 0.1) is 0 Å². The van der Waals surface area contributed by atoms with Crippen LogP contribution in [0.5, 0.6) is 5.75 Å². The number of hydrogen-bond acceptors (Lipinski definition) is 4. The molecule has 1 aromatic carbocycles. The van der Waals surface area contributed by atoms with E-state index in [1.165, 1.54) is 37.8 Å². The van der Waals surface area contributed by atoms with Crippen molar-refractivity contribution in [2.75, 3.05) is 26.2 Å². The fourth-order valence-corrected chi connectivity index (χ4v) is 3.93. The van der Waals surface area contributed by atoms with E-state index in [9.17, 15) is 4.39 Å². The van der Waals surface area contributed by atoms with Crippen LogP contribution in [0.25, 0.3) is 0 Å². The molecule has 5 heteroatoms. The summed E-state index contributed by atoms with van der Waals surface area (Å²) in [5, 5.41) is 3.38. The van der Waals surface area contributed by atoms with Gasteiger partial charge in [-0.1, -0.05) is 12.8 Å². The zero-order valence-corrected chi connectivity index (χ0v) is 14.5. The molecule has 2 heterocycles. The molecule has 25 heavy (non-hydrogen) atoms. The average molecular weight is 342 g/mol. The minimum absolute atomic E-state index is 0.255. The minimum Gasteiger partial charge on any atom is -0.467 e. The summed E-state index contributed by atoms with van der Waals surface area (Å²) in [4.78, 5) is 4.99. The predicted octanol–water partition coefficient (Wildman–Crippen LogP) is 2.89. The first-order chi connectivity index (χ1) is 12.3. The maximum atomic E-state index is 13.0. The van der Waals surface area contributed by atoms with Gasteiger partial charge >= 0.3 is 0 Å². The van der Waals surface area contributed by atoms with Crippen molar-refractivity contribution < 1.29 is 9.13 Å². The van der Waals surface area contributed by atoms with E-state index in [-0.39, 0.29) is 12.0 Å². The van der Waals surface area contributed by atoms with Crippen LogP contribution in [-0.2, 0) is 0 Å². The highest BCUT2D eigenvalue weighted by atomic mass is 19.1. The molecule has 1 unspecified atom stereocenters. The molecule has 0 bridgehead atoms. The number of allylic oxidation sites excluding steroid dienone is 2. The monoisotopic (exact) mass is 342 g/mol. The Morgan fingerprint density at radius 1 is 1.04 bits per heavy atom. The lowest BCUT2D eigenvalue weighted by Crippen LogP contribution is -2.52. The number of hydrogen-bond donors (Lipinski definition) is 1. The van der Waals surface area contributed by atoms with Crippen molar-refractivity contribution in [3.8, 4) is 5.75 Å². The summed E-state index contributed by atoms with van der Waals surface area (Å²) in [6.07, 6.45) is 12.4. The van der Waals surface area contributed by atoms with E-state index in [2.05, 4.69) is 21.2 Å². The third kappa shape index (κ3) is 3.98. The second-order valence-corrected chi connectivity index (χ2v) is 6.95. The van der Waals surface area contributed by atoms with Gasteiger partial charge in [-0.3, -0.25) is 4.90 Å². The lowest BCUT2D eigenvalue weighted by Gasteiger charge is -2.41. The maximum absolute atomic E-state index is 13.0. The lowest BCUT2D eigenvalue weighted by atomic mass is 10.2. The van der Waals surface area contributed by atoms with Gasteiger partial charge < -0.3 is 15.0 Å². The van der Waals surface area contributed by atoms with E-state index in [0.29, 0.717) is 5.75 Å². The molecule has 2 fully saturated rings. The van der Waals surface area contributed by atoms with E-state index in [0.717, 1.165) is 38.0 Å². The third-order valence-corrected chi connectivity index (χ3v) is 5.32. The van der Waals surface area contributed by atoms with Gasteiger partial charge in [-0.2, -0.15) is 0 Å². The third-order valence-electron chi connectivity index (χ3n) is 5.32. The zero-order valence-electron chi connectivity index (χ0n) is 14.5. The van der Waals surface area contributed by atoms with Crippen LogP contribution in [0.1, 0.15) is 25.7 Å². The highest BCUT2D eigenvalue weighted by molar-refractivity contribution is 5.24. The molecule has 4 nitrogen and oxygen atoms in total. The van der Waals surface area contributed by atoms with Crippen molar-refractivity contribution in [1.82, 2.24) is 15.1 Å². The fraction of sp³-hybridized carbons (Fsp3) is 0.500. The summed E-state index contributed by atoms with van der Waals surface area (Å²) in [6.45, 7) is 4.27. The Morgan fingerprint density at radius 2 is 1.76 bits per heavy atom. The molecular weight excluding hydrogens is 317 g/mol. The minimum atomic E-state index is -0.256. The molecule has 1 saturated carbocycles. The standard InChI is InChI=1S/C20H25FN3O/c21-16-8-10-18(11-9-16)25-20-7-3-6-19(22-20)24-14-12-23(13-15-24)17-4-1-2-5-17/h3,7-11,17,20,22H,1-2,4-5,12-15H2. The van der Waals surface area contributed by atoms with Gasteiger partial charge in [-0.25, -0.2) is 4.39 Å².